The Morgan fingerprint density at radius 3 is 1.64 bits per heavy atom. The van der Waals surface area contributed by atoms with Crippen LogP contribution in [-0.4, -0.2) is 5.78 Å². The first-order valence-electron chi connectivity index (χ1n) is 8.09. The summed E-state index contributed by atoms with van der Waals surface area (Å²) in [7, 11) is 0. The molecule has 5 nitrogen and oxygen atoms in total. The van der Waals surface area contributed by atoms with Crippen LogP contribution in [0.4, 0.5) is 0 Å². The highest BCUT2D eigenvalue weighted by Crippen LogP contribution is 2.38. The maximum Gasteiger partial charge on any atom is 0.187 e. The van der Waals surface area contributed by atoms with Gasteiger partial charge in [-0.05, 0) is 35.9 Å². The third-order valence-electron chi connectivity index (χ3n) is 4.33. The van der Waals surface area contributed by atoms with E-state index in [1.165, 1.54) is 24.3 Å². The number of rotatable bonds is 2. The van der Waals surface area contributed by atoms with Crippen molar-refractivity contribution in [3.63, 3.8) is 0 Å². The van der Waals surface area contributed by atoms with Gasteiger partial charge in [-0.2, -0.15) is 21.0 Å². The van der Waals surface area contributed by atoms with E-state index in [4.69, 9.17) is 10.5 Å². The summed E-state index contributed by atoms with van der Waals surface area (Å²) in [5.41, 5.74) is 3.00. The van der Waals surface area contributed by atoms with Gasteiger partial charge < -0.3 is 0 Å². The van der Waals surface area contributed by atoms with Gasteiger partial charge in [0.2, 0.25) is 0 Å². The van der Waals surface area contributed by atoms with Crippen molar-refractivity contribution >= 4 is 16.9 Å². The maximum absolute atomic E-state index is 12.8. The molecule has 0 aliphatic heterocycles. The lowest BCUT2D eigenvalue weighted by atomic mass is 9.81. The second kappa shape index (κ2) is 7.27. The molecule has 0 heterocycles. The molecule has 0 aromatic heterocycles. The lowest BCUT2D eigenvalue weighted by Gasteiger charge is -2.20. The molecular formula is C23H10N4O. The third-order valence-corrected chi connectivity index (χ3v) is 4.33. The molecule has 28 heavy (non-hydrogen) atoms. The molecule has 0 saturated heterocycles. The summed E-state index contributed by atoms with van der Waals surface area (Å²) < 4.78 is 0. The standard InChI is InChI=1S/C23H10N4O/c1-14-2-7-21(28)23(20-6-4-16(11-25)9-18(20)13-27)22(14)19-5-3-15(10-24)8-17(19)12-26/h2-9H,1H2. The first kappa shape index (κ1) is 18.1. The second-order valence-electron chi connectivity index (χ2n) is 5.94. The van der Waals surface area contributed by atoms with Crippen molar-refractivity contribution in [2.24, 2.45) is 0 Å². The Labute approximate surface area is 161 Å². The molecule has 3 rings (SSSR count). The van der Waals surface area contributed by atoms with Gasteiger partial charge in [0, 0.05) is 22.3 Å². The van der Waals surface area contributed by atoms with Crippen molar-refractivity contribution < 1.29 is 4.79 Å². The Morgan fingerprint density at radius 2 is 1.18 bits per heavy atom. The number of nitriles is 4. The van der Waals surface area contributed by atoms with Gasteiger partial charge >= 0.3 is 0 Å². The Bertz CT molecular complexity index is 1180. The molecule has 0 fully saturated rings. The predicted molar refractivity (Wildman–Crippen MR) is 102 cm³/mol. The number of benzene rings is 2. The van der Waals surface area contributed by atoms with Gasteiger partial charge in [-0.1, -0.05) is 24.8 Å². The van der Waals surface area contributed by atoms with Crippen LogP contribution in [0.3, 0.4) is 0 Å². The van der Waals surface area contributed by atoms with E-state index in [1.54, 1.807) is 24.3 Å². The molecule has 0 saturated carbocycles. The normalized spacial score (nSPS) is 12.7. The lowest BCUT2D eigenvalue weighted by molar-refractivity contribution is -0.109. The minimum Gasteiger partial charge on any atom is -0.289 e. The highest BCUT2D eigenvalue weighted by Gasteiger charge is 2.26. The van der Waals surface area contributed by atoms with Gasteiger partial charge in [-0.3, -0.25) is 4.79 Å². The van der Waals surface area contributed by atoms with Crippen LogP contribution in [0.5, 0.6) is 0 Å². The van der Waals surface area contributed by atoms with Crippen molar-refractivity contribution in [2.75, 3.05) is 0 Å². The van der Waals surface area contributed by atoms with Gasteiger partial charge in [0.05, 0.1) is 46.5 Å². The first-order valence-corrected chi connectivity index (χ1v) is 8.09. The zero-order valence-corrected chi connectivity index (χ0v) is 14.5. The third kappa shape index (κ3) is 2.97. The summed E-state index contributed by atoms with van der Waals surface area (Å²) in [6.07, 6.45) is 2.91. The van der Waals surface area contributed by atoms with Crippen molar-refractivity contribution in [2.45, 2.75) is 0 Å². The van der Waals surface area contributed by atoms with Crippen molar-refractivity contribution in [3.05, 3.63) is 94.1 Å². The van der Waals surface area contributed by atoms with Crippen molar-refractivity contribution in [1.82, 2.24) is 0 Å². The van der Waals surface area contributed by atoms with Gasteiger partial charge in [-0.15, -0.1) is 0 Å². The molecule has 0 bridgehead atoms. The number of hydrogen-bond donors (Lipinski definition) is 0. The molecule has 0 spiro atoms. The first-order chi connectivity index (χ1) is 13.5. The summed E-state index contributed by atoms with van der Waals surface area (Å²) >= 11 is 0. The van der Waals surface area contributed by atoms with Gasteiger partial charge in [0.15, 0.2) is 5.78 Å². The van der Waals surface area contributed by atoms with E-state index in [-0.39, 0.29) is 22.5 Å². The number of carbonyl (C=O) groups is 1. The number of nitrogens with zero attached hydrogens (tertiary/aromatic N) is 4. The molecule has 5 heteroatoms. The van der Waals surface area contributed by atoms with E-state index in [1.807, 2.05) is 18.2 Å². The van der Waals surface area contributed by atoms with Gasteiger partial charge in [0.25, 0.3) is 0 Å². The predicted octanol–water partition coefficient (Wildman–Crippen LogP) is 3.78. The average molecular weight is 358 g/mol. The SMILES string of the molecule is C=C1C=CC(=O)C(c2ccc(C#N)cc2C#N)=C1c1ccc(C#N)cc1C#N. The molecule has 0 amide bonds. The molecule has 0 N–H and O–H groups in total. The number of hydrogen-bond acceptors (Lipinski definition) is 5. The molecule has 0 radical (unpaired) electrons. The highest BCUT2D eigenvalue weighted by atomic mass is 16.1. The maximum atomic E-state index is 12.8. The Hall–Kier alpha value is -4.71. The van der Waals surface area contributed by atoms with Gasteiger partial charge in [-0.25, -0.2) is 0 Å². The zero-order chi connectivity index (χ0) is 20.3. The summed E-state index contributed by atoms with van der Waals surface area (Å²) in [5, 5.41) is 37.2. The van der Waals surface area contributed by atoms with E-state index < -0.39 is 0 Å². The minimum atomic E-state index is -0.336. The Morgan fingerprint density at radius 1 is 0.679 bits per heavy atom. The molecular weight excluding hydrogens is 348 g/mol. The number of carbonyl (C=O) groups excluding carboxylic acids is 1. The Kier molecular flexibility index (Phi) is 4.69. The van der Waals surface area contributed by atoms with E-state index in [2.05, 4.69) is 12.6 Å². The van der Waals surface area contributed by atoms with E-state index in [0.717, 1.165) is 0 Å². The zero-order valence-electron chi connectivity index (χ0n) is 14.5. The fraction of sp³-hybridized carbons (Fsp3) is 0. The van der Waals surface area contributed by atoms with Crippen LogP contribution in [0, 0.1) is 45.3 Å². The van der Waals surface area contributed by atoms with Crippen LogP contribution in [0.1, 0.15) is 33.4 Å². The minimum absolute atomic E-state index is 0.176. The van der Waals surface area contributed by atoms with E-state index in [0.29, 0.717) is 33.4 Å². The average Bonchev–Trinajstić information content (AvgIpc) is 2.74. The fourth-order valence-electron chi connectivity index (χ4n) is 3.05. The van der Waals surface area contributed by atoms with Crippen LogP contribution < -0.4 is 0 Å². The molecule has 0 unspecified atom stereocenters. The largest absolute Gasteiger partial charge is 0.289 e. The van der Waals surface area contributed by atoms with E-state index in [9.17, 15) is 15.3 Å². The van der Waals surface area contributed by atoms with Crippen LogP contribution >= 0.6 is 0 Å². The van der Waals surface area contributed by atoms with Crippen LogP contribution in [0.2, 0.25) is 0 Å². The topological polar surface area (TPSA) is 112 Å². The van der Waals surface area contributed by atoms with Crippen molar-refractivity contribution in [1.29, 1.82) is 21.0 Å². The lowest BCUT2D eigenvalue weighted by Crippen LogP contribution is -2.10. The van der Waals surface area contributed by atoms with Crippen LogP contribution in [-0.2, 0) is 4.79 Å². The van der Waals surface area contributed by atoms with Crippen molar-refractivity contribution in [3.8, 4) is 24.3 Å². The number of allylic oxidation sites excluding steroid dienone is 5. The van der Waals surface area contributed by atoms with E-state index >= 15 is 0 Å². The summed E-state index contributed by atoms with van der Waals surface area (Å²) in [6.45, 7) is 3.98. The highest BCUT2D eigenvalue weighted by molar-refractivity contribution is 6.36. The summed E-state index contributed by atoms with van der Waals surface area (Å²) in [6, 6.07) is 17.1. The molecule has 128 valence electrons. The molecule has 2 aromatic carbocycles. The van der Waals surface area contributed by atoms with Gasteiger partial charge in [0.1, 0.15) is 0 Å². The quantitative estimate of drug-likeness (QED) is 0.811. The summed E-state index contributed by atoms with van der Waals surface area (Å²) in [4.78, 5) is 12.8. The molecule has 2 aromatic rings. The molecule has 1 aliphatic carbocycles. The number of ketones is 1. The second-order valence-corrected chi connectivity index (χ2v) is 5.94. The fourth-order valence-corrected chi connectivity index (χ4v) is 3.05. The van der Waals surface area contributed by atoms with Crippen LogP contribution in [0.15, 0.2) is 60.7 Å². The molecule has 1 aliphatic rings. The molecule has 0 atom stereocenters. The van der Waals surface area contributed by atoms with Crippen LogP contribution in [0.25, 0.3) is 11.1 Å². The summed E-state index contributed by atoms with van der Waals surface area (Å²) in [5.74, 6) is -0.336. The smallest absolute Gasteiger partial charge is 0.187 e. The monoisotopic (exact) mass is 358 g/mol. The Balaban J connectivity index is 2.40.